The third-order valence-corrected chi connectivity index (χ3v) is 6.70. The van der Waals surface area contributed by atoms with Gasteiger partial charge in [-0.25, -0.2) is 8.42 Å². The number of nitrogens with one attached hydrogen (secondary N) is 1. The van der Waals surface area contributed by atoms with Gasteiger partial charge in [0.05, 0.1) is 23.8 Å². The average molecular weight is 415 g/mol. The third kappa shape index (κ3) is 5.63. The molecule has 0 amide bonds. The number of nitro groups is 1. The first-order valence-electron chi connectivity index (χ1n) is 9.39. The number of nitro benzene ring substituents is 1. The monoisotopic (exact) mass is 414 g/mol. The van der Waals surface area contributed by atoms with Crippen molar-refractivity contribution in [3.63, 3.8) is 0 Å². The summed E-state index contributed by atoms with van der Waals surface area (Å²) in [6.07, 6.45) is 0.943. The number of nitrogens with zero attached hydrogens (tertiary/aromatic N) is 3. The minimum atomic E-state index is -3.87. The second-order valence-electron chi connectivity index (χ2n) is 7.58. The Kier molecular flexibility index (Phi) is 7.76. The molecule has 1 saturated heterocycles. The van der Waals surface area contributed by atoms with Gasteiger partial charge in [-0.2, -0.15) is 4.31 Å². The van der Waals surface area contributed by atoms with E-state index in [0.29, 0.717) is 31.4 Å². The third-order valence-electron chi connectivity index (χ3n) is 4.77. The van der Waals surface area contributed by atoms with Crippen LogP contribution in [0, 0.1) is 16.0 Å². The summed E-state index contributed by atoms with van der Waals surface area (Å²) in [5, 5.41) is 14.4. The van der Waals surface area contributed by atoms with Gasteiger partial charge < -0.3 is 15.0 Å². The van der Waals surface area contributed by atoms with Crippen molar-refractivity contribution in [1.82, 2.24) is 9.21 Å². The van der Waals surface area contributed by atoms with Crippen LogP contribution < -0.4 is 5.32 Å². The molecule has 1 fully saturated rings. The Balaban J connectivity index is 2.34. The first kappa shape index (κ1) is 22.5. The molecule has 1 atom stereocenters. The quantitative estimate of drug-likeness (QED) is 0.487. The van der Waals surface area contributed by atoms with Crippen molar-refractivity contribution in [2.45, 2.75) is 31.2 Å². The van der Waals surface area contributed by atoms with Gasteiger partial charge in [-0.15, -0.1) is 0 Å². The molecule has 0 saturated carbocycles. The lowest BCUT2D eigenvalue weighted by Crippen LogP contribution is -2.41. The highest BCUT2D eigenvalue weighted by atomic mass is 32.2. The Morgan fingerprint density at radius 1 is 1.29 bits per heavy atom. The normalized spacial score (nSPS) is 17.1. The molecule has 9 nitrogen and oxygen atoms in total. The first-order chi connectivity index (χ1) is 13.1. The van der Waals surface area contributed by atoms with Crippen LogP contribution in [0.5, 0.6) is 0 Å². The summed E-state index contributed by atoms with van der Waals surface area (Å²) in [4.78, 5) is 12.6. The fourth-order valence-corrected chi connectivity index (χ4v) is 4.75. The standard InChI is InChI=1S/C18H30N4O5S/c1-14(2)11-16(20(3)4)13-19-17-6-5-15(22(23)24)12-18(17)28(25,26)21-7-9-27-10-8-21/h5-6,12,14,16,19H,7-11,13H2,1-4H3. The molecule has 1 aliphatic rings. The van der Waals surface area contributed by atoms with Crippen molar-refractivity contribution in [2.75, 3.05) is 52.3 Å². The molecule has 2 rings (SSSR count). The number of hydrogen-bond donors (Lipinski definition) is 1. The number of non-ortho nitro benzene ring substituents is 1. The number of ether oxygens (including phenoxy) is 1. The maximum Gasteiger partial charge on any atom is 0.270 e. The number of rotatable bonds is 9. The Hall–Kier alpha value is -1.75. The molecule has 1 N–H and O–H groups in total. The highest BCUT2D eigenvalue weighted by Crippen LogP contribution is 2.29. The molecule has 1 aromatic rings. The maximum atomic E-state index is 13.1. The second-order valence-corrected chi connectivity index (χ2v) is 9.49. The summed E-state index contributed by atoms with van der Waals surface area (Å²) < 4.78 is 32.8. The predicted molar refractivity (Wildman–Crippen MR) is 108 cm³/mol. The van der Waals surface area contributed by atoms with Gasteiger partial charge in [-0.3, -0.25) is 10.1 Å². The summed E-state index contributed by atoms with van der Waals surface area (Å²) >= 11 is 0. The summed E-state index contributed by atoms with van der Waals surface area (Å²) in [6, 6.07) is 4.15. The summed E-state index contributed by atoms with van der Waals surface area (Å²) in [5.41, 5.74) is 0.136. The fourth-order valence-electron chi connectivity index (χ4n) is 3.16. The molecule has 1 unspecified atom stereocenters. The lowest BCUT2D eigenvalue weighted by molar-refractivity contribution is -0.385. The molecule has 1 aromatic carbocycles. The Bertz CT molecular complexity index is 776. The van der Waals surface area contributed by atoms with Crippen LogP contribution in [0.2, 0.25) is 0 Å². The molecule has 0 spiro atoms. The molecule has 0 aromatic heterocycles. The van der Waals surface area contributed by atoms with Crippen molar-refractivity contribution in [1.29, 1.82) is 0 Å². The largest absolute Gasteiger partial charge is 0.382 e. The number of benzene rings is 1. The van der Waals surface area contributed by atoms with Gasteiger partial charge in [0.1, 0.15) is 4.90 Å². The van der Waals surface area contributed by atoms with E-state index in [-0.39, 0.29) is 29.7 Å². The Labute approximate surface area is 166 Å². The highest BCUT2D eigenvalue weighted by molar-refractivity contribution is 7.89. The highest BCUT2D eigenvalue weighted by Gasteiger charge is 2.30. The van der Waals surface area contributed by atoms with E-state index < -0.39 is 14.9 Å². The number of morpholine rings is 1. The zero-order chi connectivity index (χ0) is 20.9. The molecule has 0 radical (unpaired) electrons. The molecule has 0 aliphatic carbocycles. The van der Waals surface area contributed by atoms with Crippen LogP contribution in [-0.2, 0) is 14.8 Å². The van der Waals surface area contributed by atoms with Crippen molar-refractivity contribution in [3.05, 3.63) is 28.3 Å². The average Bonchev–Trinajstić information content (AvgIpc) is 2.65. The van der Waals surface area contributed by atoms with E-state index in [4.69, 9.17) is 4.74 Å². The molecule has 10 heteroatoms. The van der Waals surface area contributed by atoms with Gasteiger partial charge in [0, 0.05) is 37.8 Å². The van der Waals surface area contributed by atoms with Crippen LogP contribution in [0.1, 0.15) is 20.3 Å². The smallest absolute Gasteiger partial charge is 0.270 e. The minimum absolute atomic E-state index is 0.0642. The van der Waals surface area contributed by atoms with Crippen LogP contribution in [0.15, 0.2) is 23.1 Å². The number of anilines is 1. The predicted octanol–water partition coefficient (Wildman–Crippen LogP) is 2.00. The van der Waals surface area contributed by atoms with Crippen molar-refractivity contribution >= 4 is 21.4 Å². The SMILES string of the molecule is CC(C)CC(CNc1ccc([N+](=O)[O-])cc1S(=O)(=O)N1CCOCC1)N(C)C. The molecule has 28 heavy (non-hydrogen) atoms. The minimum Gasteiger partial charge on any atom is -0.382 e. The molecular weight excluding hydrogens is 384 g/mol. The van der Waals surface area contributed by atoms with Gasteiger partial charge >= 0.3 is 0 Å². The van der Waals surface area contributed by atoms with E-state index in [9.17, 15) is 18.5 Å². The lowest BCUT2D eigenvalue weighted by Gasteiger charge is -2.29. The van der Waals surface area contributed by atoms with Gasteiger partial charge in [-0.1, -0.05) is 13.8 Å². The summed E-state index contributed by atoms with van der Waals surface area (Å²) in [6.45, 7) is 5.90. The molecule has 1 aliphatic heterocycles. The van der Waals surface area contributed by atoms with Crippen LogP contribution >= 0.6 is 0 Å². The van der Waals surface area contributed by atoms with Crippen molar-refractivity contribution < 1.29 is 18.1 Å². The van der Waals surface area contributed by atoms with E-state index in [1.165, 1.54) is 16.4 Å². The molecule has 158 valence electrons. The van der Waals surface area contributed by atoms with Gasteiger partial charge in [0.2, 0.25) is 10.0 Å². The molecule has 0 bridgehead atoms. The maximum absolute atomic E-state index is 13.1. The topological polar surface area (TPSA) is 105 Å². The lowest BCUT2D eigenvalue weighted by atomic mass is 10.0. The zero-order valence-electron chi connectivity index (χ0n) is 16.9. The summed E-state index contributed by atoms with van der Waals surface area (Å²) in [5.74, 6) is 0.489. The van der Waals surface area contributed by atoms with E-state index in [0.717, 1.165) is 12.5 Å². The van der Waals surface area contributed by atoms with Crippen LogP contribution in [0.3, 0.4) is 0 Å². The van der Waals surface area contributed by atoms with Crippen molar-refractivity contribution in [2.24, 2.45) is 5.92 Å². The van der Waals surface area contributed by atoms with E-state index >= 15 is 0 Å². The second kappa shape index (κ2) is 9.64. The number of sulfonamides is 1. The Morgan fingerprint density at radius 2 is 1.93 bits per heavy atom. The Morgan fingerprint density at radius 3 is 2.46 bits per heavy atom. The number of likely N-dealkylation sites (N-methyl/N-ethyl adjacent to an activating group) is 1. The van der Waals surface area contributed by atoms with E-state index in [1.807, 2.05) is 14.1 Å². The van der Waals surface area contributed by atoms with Crippen LogP contribution in [0.4, 0.5) is 11.4 Å². The van der Waals surface area contributed by atoms with Gasteiger partial charge in [-0.05, 0) is 32.5 Å². The van der Waals surface area contributed by atoms with Crippen LogP contribution in [-0.4, -0.2) is 75.5 Å². The zero-order valence-corrected chi connectivity index (χ0v) is 17.7. The van der Waals surface area contributed by atoms with E-state index in [2.05, 4.69) is 24.1 Å². The van der Waals surface area contributed by atoms with Crippen molar-refractivity contribution in [3.8, 4) is 0 Å². The van der Waals surface area contributed by atoms with Crippen LogP contribution in [0.25, 0.3) is 0 Å². The van der Waals surface area contributed by atoms with Gasteiger partial charge in [0.15, 0.2) is 0 Å². The first-order valence-corrected chi connectivity index (χ1v) is 10.8. The van der Waals surface area contributed by atoms with Gasteiger partial charge in [0.25, 0.3) is 5.69 Å². The molecular formula is C18H30N4O5S. The molecule has 1 heterocycles. The number of hydrogen-bond acceptors (Lipinski definition) is 7. The van der Waals surface area contributed by atoms with E-state index in [1.54, 1.807) is 0 Å². The summed E-state index contributed by atoms with van der Waals surface area (Å²) in [7, 11) is 0.0971. The fraction of sp³-hybridized carbons (Fsp3) is 0.667.